The molecule has 0 aliphatic carbocycles. The van der Waals surface area contributed by atoms with E-state index in [1.54, 1.807) is 30.3 Å². The van der Waals surface area contributed by atoms with E-state index in [-0.39, 0.29) is 17.3 Å². The molecule has 7 nitrogen and oxygen atoms in total. The van der Waals surface area contributed by atoms with Gasteiger partial charge in [-0.3, -0.25) is 19.8 Å². The van der Waals surface area contributed by atoms with Gasteiger partial charge in [-0.15, -0.1) is 0 Å². The Morgan fingerprint density at radius 2 is 1.59 bits per heavy atom. The van der Waals surface area contributed by atoms with Crippen LogP contribution in [-0.4, -0.2) is 23.4 Å². The molecule has 8 heteroatoms. The van der Waals surface area contributed by atoms with Crippen molar-refractivity contribution in [2.75, 3.05) is 5.32 Å². The molecule has 1 aliphatic rings. The molecule has 3 aromatic carbocycles. The van der Waals surface area contributed by atoms with E-state index in [1.165, 1.54) is 18.2 Å². The van der Waals surface area contributed by atoms with Crippen LogP contribution in [0.1, 0.15) is 21.5 Å². The average molecular weight is 430 g/mol. The van der Waals surface area contributed by atoms with Gasteiger partial charge < -0.3 is 16.4 Å². The number of hydrogen-bond acceptors (Lipinski definition) is 4. The van der Waals surface area contributed by atoms with Crippen molar-refractivity contribution >= 4 is 35.2 Å². The molecule has 3 amide bonds. The molecule has 4 rings (SSSR count). The van der Waals surface area contributed by atoms with Crippen LogP contribution in [0.4, 0.5) is 10.1 Å². The topological polar surface area (TPSA) is 125 Å². The number of amides is 3. The number of anilines is 1. The molecule has 0 aromatic heterocycles. The molecule has 0 spiro atoms. The minimum atomic E-state index is -0.682. The van der Waals surface area contributed by atoms with Crippen LogP contribution >= 0.6 is 0 Å². The smallest absolute Gasteiger partial charge is 0.274 e. The average Bonchev–Trinajstić information content (AvgIpc) is 3.08. The molecule has 0 fully saturated rings. The fraction of sp³-hybridized carbons (Fsp3) is 0. The number of carbonyl (C=O) groups excluding carboxylic acids is 3. The van der Waals surface area contributed by atoms with Crippen LogP contribution in [0.2, 0.25) is 0 Å². The molecule has 1 heterocycles. The molecule has 32 heavy (non-hydrogen) atoms. The van der Waals surface area contributed by atoms with Gasteiger partial charge in [0.15, 0.2) is 0 Å². The first-order valence-corrected chi connectivity index (χ1v) is 9.48. The highest BCUT2D eigenvalue weighted by atomic mass is 19.1. The number of fused-ring (bicyclic) bond motifs is 1. The molecule has 3 aromatic rings. The lowest BCUT2D eigenvalue weighted by molar-refractivity contribution is -0.114. The van der Waals surface area contributed by atoms with Crippen molar-refractivity contribution in [3.05, 3.63) is 107 Å². The Morgan fingerprint density at radius 1 is 0.969 bits per heavy atom. The van der Waals surface area contributed by atoms with E-state index in [0.717, 1.165) is 5.56 Å². The summed E-state index contributed by atoms with van der Waals surface area (Å²) in [6, 6.07) is 21.7. The molecule has 1 aliphatic heterocycles. The molecule has 0 atom stereocenters. The minimum absolute atomic E-state index is 0.0602. The second kappa shape index (κ2) is 9.94. The zero-order valence-corrected chi connectivity index (χ0v) is 16.8. The second-order valence-electron chi connectivity index (χ2n) is 6.67. The molecule has 0 unspecified atom stereocenters. The van der Waals surface area contributed by atoms with Crippen LogP contribution in [0.5, 0.6) is 0 Å². The molecular formula is C24H19FN4O3. The van der Waals surface area contributed by atoms with E-state index >= 15 is 0 Å². The predicted molar refractivity (Wildman–Crippen MR) is 119 cm³/mol. The Labute approximate surface area is 183 Å². The highest BCUT2D eigenvalue weighted by molar-refractivity contribution is 6.52. The van der Waals surface area contributed by atoms with Gasteiger partial charge in [0.05, 0.1) is 5.69 Å². The molecule has 0 saturated heterocycles. The summed E-state index contributed by atoms with van der Waals surface area (Å²) in [6.45, 7) is 0. The van der Waals surface area contributed by atoms with Crippen LogP contribution in [0.3, 0.4) is 0 Å². The lowest BCUT2D eigenvalue weighted by Crippen LogP contribution is -2.31. The van der Waals surface area contributed by atoms with Gasteiger partial charge in [-0.05, 0) is 42.0 Å². The molecule has 0 saturated carbocycles. The molecular weight excluding hydrogens is 411 g/mol. The summed E-state index contributed by atoms with van der Waals surface area (Å²) in [4.78, 5) is 34.3. The third kappa shape index (κ3) is 5.51. The van der Waals surface area contributed by atoms with Crippen molar-refractivity contribution in [2.45, 2.75) is 0 Å². The molecule has 0 bridgehead atoms. The molecule has 0 radical (unpaired) electrons. The van der Waals surface area contributed by atoms with E-state index in [1.807, 2.05) is 36.4 Å². The van der Waals surface area contributed by atoms with E-state index < -0.39 is 17.6 Å². The third-order valence-electron chi connectivity index (χ3n) is 4.39. The Morgan fingerprint density at radius 3 is 2.22 bits per heavy atom. The van der Waals surface area contributed by atoms with Crippen molar-refractivity contribution in [2.24, 2.45) is 5.73 Å². The summed E-state index contributed by atoms with van der Waals surface area (Å²) < 4.78 is 12.6. The van der Waals surface area contributed by atoms with E-state index in [0.29, 0.717) is 16.8 Å². The third-order valence-corrected chi connectivity index (χ3v) is 4.39. The standard InChI is InChI=1S/C16H14N2O2.C8H5FN2O/c17-15(19)14(11-12-7-3-1-4-8-12)18-16(20)13-9-5-2-6-10-13;9-4-1-2-6-5(3-4)7(10)8(12)11-6/h1-11H,(H2,17,19)(H,18,20);1-3H,(H2,10,11,12)/b14-11-;. The monoisotopic (exact) mass is 430 g/mol. The Kier molecular flexibility index (Phi) is 6.87. The number of nitrogens with two attached hydrogens (primary N) is 1. The minimum Gasteiger partial charge on any atom is -0.364 e. The number of benzene rings is 3. The van der Waals surface area contributed by atoms with Gasteiger partial charge in [0.2, 0.25) is 0 Å². The number of primary amides is 1. The Hall–Kier alpha value is -4.59. The first kappa shape index (κ1) is 22.1. The quantitative estimate of drug-likeness (QED) is 0.475. The summed E-state index contributed by atoms with van der Waals surface area (Å²) in [5.74, 6) is -1.96. The summed E-state index contributed by atoms with van der Waals surface area (Å²) in [5.41, 5.74) is 7.26. The van der Waals surface area contributed by atoms with Crippen LogP contribution in [-0.2, 0) is 9.59 Å². The summed E-state index contributed by atoms with van der Waals surface area (Å²) in [6.07, 6.45) is 1.54. The molecule has 160 valence electrons. The van der Waals surface area contributed by atoms with Gasteiger partial charge in [0, 0.05) is 11.1 Å². The van der Waals surface area contributed by atoms with Gasteiger partial charge in [0.25, 0.3) is 17.7 Å². The van der Waals surface area contributed by atoms with Crippen LogP contribution < -0.4 is 16.4 Å². The zero-order valence-electron chi connectivity index (χ0n) is 16.8. The van der Waals surface area contributed by atoms with E-state index in [9.17, 15) is 18.8 Å². The number of halogens is 1. The number of nitrogens with one attached hydrogen (secondary N) is 3. The van der Waals surface area contributed by atoms with Crippen molar-refractivity contribution in [3.63, 3.8) is 0 Å². The first-order chi connectivity index (χ1) is 15.3. The van der Waals surface area contributed by atoms with Gasteiger partial charge in [-0.1, -0.05) is 48.5 Å². The highest BCUT2D eigenvalue weighted by Crippen LogP contribution is 2.22. The Balaban J connectivity index is 0.000000204. The second-order valence-corrected chi connectivity index (χ2v) is 6.67. The van der Waals surface area contributed by atoms with Gasteiger partial charge in [-0.25, -0.2) is 4.39 Å². The molecule has 5 N–H and O–H groups in total. The first-order valence-electron chi connectivity index (χ1n) is 9.48. The number of hydrogen-bond donors (Lipinski definition) is 4. The van der Waals surface area contributed by atoms with Crippen molar-refractivity contribution in [1.29, 1.82) is 5.41 Å². The lowest BCUT2D eigenvalue weighted by atomic mass is 10.1. The fourth-order valence-electron chi connectivity index (χ4n) is 2.81. The lowest BCUT2D eigenvalue weighted by Gasteiger charge is -2.07. The predicted octanol–water partition coefficient (Wildman–Crippen LogP) is 3.09. The van der Waals surface area contributed by atoms with Crippen molar-refractivity contribution in [3.8, 4) is 0 Å². The van der Waals surface area contributed by atoms with E-state index in [2.05, 4.69) is 10.6 Å². The van der Waals surface area contributed by atoms with E-state index in [4.69, 9.17) is 11.1 Å². The van der Waals surface area contributed by atoms with Crippen LogP contribution in [0.25, 0.3) is 6.08 Å². The maximum atomic E-state index is 12.6. The Bertz CT molecular complexity index is 1210. The van der Waals surface area contributed by atoms with Crippen LogP contribution in [0, 0.1) is 11.2 Å². The fourth-order valence-corrected chi connectivity index (χ4v) is 2.81. The van der Waals surface area contributed by atoms with Gasteiger partial charge in [0.1, 0.15) is 17.2 Å². The number of rotatable bonds is 4. The zero-order chi connectivity index (χ0) is 23.1. The van der Waals surface area contributed by atoms with Crippen LogP contribution in [0.15, 0.2) is 84.6 Å². The maximum absolute atomic E-state index is 12.6. The normalized spacial score (nSPS) is 12.2. The highest BCUT2D eigenvalue weighted by Gasteiger charge is 2.24. The summed E-state index contributed by atoms with van der Waals surface area (Å²) in [5, 5.41) is 12.2. The van der Waals surface area contributed by atoms with Gasteiger partial charge >= 0.3 is 0 Å². The van der Waals surface area contributed by atoms with Gasteiger partial charge in [-0.2, -0.15) is 0 Å². The maximum Gasteiger partial charge on any atom is 0.274 e. The SMILES string of the molecule is N=C1C(=O)Nc2ccc(F)cc21.NC(=O)/C(=C/c1ccccc1)NC(=O)c1ccccc1. The largest absolute Gasteiger partial charge is 0.364 e. The summed E-state index contributed by atoms with van der Waals surface area (Å²) >= 11 is 0. The summed E-state index contributed by atoms with van der Waals surface area (Å²) in [7, 11) is 0. The van der Waals surface area contributed by atoms with Crippen molar-refractivity contribution < 1.29 is 18.8 Å². The van der Waals surface area contributed by atoms with Crippen molar-refractivity contribution in [1.82, 2.24) is 5.32 Å². The number of carbonyl (C=O) groups is 3.